The van der Waals surface area contributed by atoms with E-state index in [-0.39, 0.29) is 0 Å². The molecule has 2 aromatic carbocycles. The molecule has 0 fully saturated rings. The predicted octanol–water partition coefficient (Wildman–Crippen LogP) is 3.57. The summed E-state index contributed by atoms with van der Waals surface area (Å²) in [4.78, 5) is 2.39. The molecule has 0 N–H and O–H groups in total. The van der Waals surface area contributed by atoms with E-state index in [1.165, 1.54) is 22.5 Å². The molecule has 2 heterocycles. The molecular weight excluding hydrogens is 282 g/mol. The molecule has 0 aliphatic carbocycles. The summed E-state index contributed by atoms with van der Waals surface area (Å²) in [6, 6.07) is 21.1. The van der Waals surface area contributed by atoms with Crippen molar-refractivity contribution in [1.29, 1.82) is 0 Å². The van der Waals surface area contributed by atoms with Gasteiger partial charge in [-0.3, -0.25) is 0 Å². The molecule has 23 heavy (non-hydrogen) atoms. The molecule has 3 heteroatoms. The summed E-state index contributed by atoms with van der Waals surface area (Å²) in [5, 5.41) is 4.98. The fraction of sp³-hybridized carbons (Fsp3) is 0.250. The highest BCUT2D eigenvalue weighted by Gasteiger charge is 2.22. The molecule has 116 valence electrons. The number of aromatic nitrogens is 2. The summed E-state index contributed by atoms with van der Waals surface area (Å²) in [5.41, 5.74) is 6.28. The van der Waals surface area contributed by atoms with Crippen molar-refractivity contribution in [1.82, 2.24) is 14.7 Å². The quantitative estimate of drug-likeness (QED) is 0.721. The molecule has 0 saturated carbocycles. The Bertz CT molecular complexity index is 791. The first kappa shape index (κ1) is 14.2. The van der Waals surface area contributed by atoms with Crippen LogP contribution in [0.2, 0.25) is 0 Å². The molecule has 3 aromatic rings. The van der Waals surface area contributed by atoms with E-state index in [0.717, 1.165) is 31.6 Å². The predicted molar refractivity (Wildman–Crippen MR) is 93.9 cm³/mol. The van der Waals surface area contributed by atoms with E-state index in [4.69, 9.17) is 5.10 Å². The van der Waals surface area contributed by atoms with Crippen LogP contribution < -0.4 is 0 Å². The van der Waals surface area contributed by atoms with Gasteiger partial charge in [-0.25, -0.2) is 4.68 Å². The average molecular weight is 303 g/mol. The van der Waals surface area contributed by atoms with Crippen LogP contribution in [0.4, 0.5) is 0 Å². The molecule has 4 rings (SSSR count). The first-order valence-corrected chi connectivity index (χ1v) is 8.23. The Morgan fingerprint density at radius 1 is 0.826 bits per heavy atom. The van der Waals surface area contributed by atoms with Crippen LogP contribution >= 0.6 is 0 Å². The van der Waals surface area contributed by atoms with E-state index >= 15 is 0 Å². The van der Waals surface area contributed by atoms with Crippen molar-refractivity contribution in [3.8, 4) is 16.9 Å². The third-order valence-corrected chi connectivity index (χ3v) is 4.59. The zero-order valence-electron chi connectivity index (χ0n) is 13.4. The molecule has 0 bridgehead atoms. The molecule has 0 radical (unpaired) electrons. The van der Waals surface area contributed by atoms with Gasteiger partial charge in [0.25, 0.3) is 0 Å². The van der Waals surface area contributed by atoms with Crippen molar-refractivity contribution in [2.24, 2.45) is 0 Å². The van der Waals surface area contributed by atoms with Gasteiger partial charge in [-0.1, -0.05) is 48.5 Å². The Labute approximate surface area is 137 Å². The minimum Gasteiger partial charge on any atom is -0.306 e. The minimum atomic E-state index is 1.02. The van der Waals surface area contributed by atoms with Gasteiger partial charge in [-0.05, 0) is 25.6 Å². The van der Waals surface area contributed by atoms with Gasteiger partial charge in [0, 0.05) is 30.6 Å². The zero-order valence-corrected chi connectivity index (χ0v) is 13.4. The van der Waals surface area contributed by atoms with Crippen LogP contribution in [0.25, 0.3) is 16.9 Å². The highest BCUT2D eigenvalue weighted by atomic mass is 15.3. The zero-order chi connectivity index (χ0) is 15.6. The second-order valence-electron chi connectivity index (χ2n) is 6.19. The van der Waals surface area contributed by atoms with E-state index in [1.54, 1.807) is 0 Å². The molecule has 1 aromatic heterocycles. The van der Waals surface area contributed by atoms with Gasteiger partial charge >= 0.3 is 0 Å². The summed E-state index contributed by atoms with van der Waals surface area (Å²) in [6.45, 7) is 2.17. The maximum atomic E-state index is 4.98. The fourth-order valence-corrected chi connectivity index (χ4v) is 3.32. The van der Waals surface area contributed by atoms with Crippen LogP contribution in [0.15, 0.2) is 60.7 Å². The fourth-order valence-electron chi connectivity index (χ4n) is 3.32. The van der Waals surface area contributed by atoms with Gasteiger partial charge in [-0.2, -0.15) is 5.10 Å². The smallest absolute Gasteiger partial charge is 0.0776 e. The number of rotatable bonds is 2. The molecular formula is C20H21N3. The Morgan fingerprint density at radius 2 is 1.48 bits per heavy atom. The summed E-state index contributed by atoms with van der Waals surface area (Å²) in [5.74, 6) is 0. The van der Waals surface area contributed by atoms with Gasteiger partial charge in [0.1, 0.15) is 0 Å². The number of fused-ring (bicyclic) bond motifs is 1. The Kier molecular flexibility index (Phi) is 3.72. The highest BCUT2D eigenvalue weighted by Crippen LogP contribution is 2.31. The molecule has 0 unspecified atom stereocenters. The van der Waals surface area contributed by atoms with Crippen molar-refractivity contribution >= 4 is 0 Å². The van der Waals surface area contributed by atoms with Crippen molar-refractivity contribution in [3.63, 3.8) is 0 Å². The Morgan fingerprint density at radius 3 is 2.22 bits per heavy atom. The van der Waals surface area contributed by atoms with Crippen LogP contribution in [-0.2, 0) is 12.8 Å². The molecule has 0 spiro atoms. The van der Waals surface area contributed by atoms with Crippen LogP contribution in [0, 0.1) is 0 Å². The SMILES string of the molecule is CN1CCc2nn(-c3ccccc3)c(-c3ccccc3)c2CC1. The third-order valence-electron chi connectivity index (χ3n) is 4.59. The topological polar surface area (TPSA) is 21.1 Å². The molecule has 0 saturated heterocycles. The van der Waals surface area contributed by atoms with Crippen molar-refractivity contribution in [2.75, 3.05) is 20.1 Å². The molecule has 1 aliphatic heterocycles. The van der Waals surface area contributed by atoms with Crippen LogP contribution in [0.3, 0.4) is 0 Å². The maximum Gasteiger partial charge on any atom is 0.0776 e. The van der Waals surface area contributed by atoms with Crippen LogP contribution in [-0.4, -0.2) is 34.8 Å². The second kappa shape index (κ2) is 6.01. The number of hydrogen-bond donors (Lipinski definition) is 0. The number of hydrogen-bond acceptors (Lipinski definition) is 2. The summed E-state index contributed by atoms with van der Waals surface area (Å²) < 4.78 is 2.13. The summed E-state index contributed by atoms with van der Waals surface area (Å²) in [7, 11) is 2.19. The van der Waals surface area contributed by atoms with Crippen molar-refractivity contribution in [2.45, 2.75) is 12.8 Å². The van der Waals surface area contributed by atoms with Crippen LogP contribution in [0.1, 0.15) is 11.3 Å². The second-order valence-corrected chi connectivity index (χ2v) is 6.19. The van der Waals surface area contributed by atoms with Crippen molar-refractivity contribution in [3.05, 3.63) is 71.9 Å². The van der Waals surface area contributed by atoms with Gasteiger partial charge in [0.05, 0.1) is 17.1 Å². The monoisotopic (exact) mass is 303 g/mol. The lowest BCUT2D eigenvalue weighted by atomic mass is 10.0. The Hall–Kier alpha value is -2.39. The first-order chi connectivity index (χ1) is 11.3. The Balaban J connectivity index is 1.92. The van der Waals surface area contributed by atoms with Crippen molar-refractivity contribution < 1.29 is 0 Å². The van der Waals surface area contributed by atoms with E-state index in [9.17, 15) is 0 Å². The molecule has 0 atom stereocenters. The van der Waals surface area contributed by atoms with Crippen LogP contribution in [0.5, 0.6) is 0 Å². The highest BCUT2D eigenvalue weighted by molar-refractivity contribution is 5.67. The molecule has 1 aliphatic rings. The molecule has 3 nitrogen and oxygen atoms in total. The molecule has 0 amide bonds. The largest absolute Gasteiger partial charge is 0.306 e. The van der Waals surface area contributed by atoms with Gasteiger partial charge in [0.2, 0.25) is 0 Å². The number of likely N-dealkylation sites (N-methyl/N-ethyl adjacent to an activating group) is 1. The summed E-state index contributed by atoms with van der Waals surface area (Å²) in [6.07, 6.45) is 2.08. The lowest BCUT2D eigenvalue weighted by Crippen LogP contribution is -2.21. The van der Waals surface area contributed by atoms with E-state index < -0.39 is 0 Å². The first-order valence-electron chi connectivity index (χ1n) is 8.23. The number of para-hydroxylation sites is 1. The number of benzene rings is 2. The van der Waals surface area contributed by atoms with E-state index in [2.05, 4.69) is 77.3 Å². The standard InChI is InChI=1S/C20H21N3/c1-22-14-12-18-19(13-15-22)21-23(17-10-6-3-7-11-17)20(18)16-8-4-2-5-9-16/h2-11H,12-15H2,1H3. The van der Waals surface area contributed by atoms with Gasteiger partial charge < -0.3 is 4.90 Å². The average Bonchev–Trinajstić information content (AvgIpc) is 2.88. The lowest BCUT2D eigenvalue weighted by Gasteiger charge is -2.13. The summed E-state index contributed by atoms with van der Waals surface area (Å²) >= 11 is 0. The maximum absolute atomic E-state index is 4.98. The van der Waals surface area contributed by atoms with Gasteiger partial charge in [0.15, 0.2) is 0 Å². The van der Waals surface area contributed by atoms with E-state index in [1.807, 2.05) is 0 Å². The van der Waals surface area contributed by atoms with E-state index in [0.29, 0.717) is 0 Å². The minimum absolute atomic E-state index is 1.02. The van der Waals surface area contributed by atoms with Gasteiger partial charge in [-0.15, -0.1) is 0 Å². The normalized spacial score (nSPS) is 15.2. The lowest BCUT2D eigenvalue weighted by molar-refractivity contribution is 0.351. The number of nitrogens with zero attached hydrogens (tertiary/aromatic N) is 3. The third kappa shape index (κ3) is 2.68.